The van der Waals surface area contributed by atoms with Gasteiger partial charge in [-0.1, -0.05) is 12.2 Å². The molecule has 3 N–H and O–H groups in total. The maximum atomic E-state index is 5.60. The molecule has 1 saturated heterocycles. The van der Waals surface area contributed by atoms with Gasteiger partial charge in [0.25, 0.3) is 0 Å². The smallest absolute Gasteiger partial charge is 0.104 e. The highest BCUT2D eigenvalue weighted by atomic mass is 79.9. The number of thioether (sulfide) groups is 1. The molecule has 0 spiro atoms. The minimum atomic E-state index is 0.436. The number of hydrogen-bond donors (Lipinski definition) is 2. The van der Waals surface area contributed by atoms with Crippen LogP contribution in [0.1, 0.15) is 18.4 Å². The van der Waals surface area contributed by atoms with Crippen molar-refractivity contribution in [2.24, 2.45) is 5.73 Å². The van der Waals surface area contributed by atoms with Gasteiger partial charge in [0, 0.05) is 21.8 Å². The number of halogens is 1. The molecule has 0 aliphatic carbocycles. The van der Waals surface area contributed by atoms with Gasteiger partial charge < -0.3 is 11.1 Å². The van der Waals surface area contributed by atoms with Crippen LogP contribution >= 0.6 is 39.9 Å². The van der Waals surface area contributed by atoms with E-state index in [0.717, 1.165) is 15.7 Å². The molecule has 0 unspecified atom stereocenters. The summed E-state index contributed by atoms with van der Waals surface area (Å²) in [5.74, 6) is 2.50. The van der Waals surface area contributed by atoms with Crippen LogP contribution in [0.5, 0.6) is 0 Å². The highest BCUT2D eigenvalue weighted by Crippen LogP contribution is 2.27. The second-order valence-corrected chi connectivity index (χ2v) is 6.61. The first-order valence-corrected chi connectivity index (χ1v) is 7.96. The number of rotatable bonds is 3. The van der Waals surface area contributed by atoms with E-state index in [-0.39, 0.29) is 0 Å². The van der Waals surface area contributed by atoms with Gasteiger partial charge in [0.15, 0.2) is 0 Å². The molecule has 1 fully saturated rings. The quantitative estimate of drug-likeness (QED) is 0.833. The Bertz CT molecular complexity index is 417. The van der Waals surface area contributed by atoms with Crippen LogP contribution in [-0.2, 0) is 0 Å². The lowest BCUT2D eigenvalue weighted by molar-refractivity contribution is 0.666. The highest BCUT2D eigenvalue weighted by Gasteiger charge is 2.14. The lowest BCUT2D eigenvalue weighted by atomic mass is 10.1. The Hall–Kier alpha value is -0.260. The third kappa shape index (κ3) is 3.60. The van der Waals surface area contributed by atoms with Gasteiger partial charge in [0.05, 0.1) is 0 Å². The minimum Gasteiger partial charge on any atom is -0.389 e. The fraction of sp³-hybridized carbons (Fsp3) is 0.417. The number of thiocarbonyl (C=S) groups is 1. The van der Waals surface area contributed by atoms with E-state index in [2.05, 4.69) is 21.2 Å². The molecule has 0 atom stereocenters. The van der Waals surface area contributed by atoms with Crippen molar-refractivity contribution in [2.75, 3.05) is 16.8 Å². The molecule has 1 aliphatic rings. The van der Waals surface area contributed by atoms with E-state index < -0.39 is 0 Å². The zero-order valence-corrected chi connectivity index (χ0v) is 12.6. The predicted octanol–water partition coefficient (Wildman–Crippen LogP) is 3.39. The first-order valence-electron chi connectivity index (χ1n) is 5.60. The van der Waals surface area contributed by atoms with Crippen LogP contribution in [0, 0.1) is 0 Å². The number of benzene rings is 1. The van der Waals surface area contributed by atoms with Crippen LogP contribution in [-0.4, -0.2) is 22.5 Å². The molecular weight excluding hydrogens is 316 g/mol. The second kappa shape index (κ2) is 6.07. The molecule has 0 aromatic heterocycles. The van der Waals surface area contributed by atoms with Crippen molar-refractivity contribution in [3.8, 4) is 0 Å². The first-order chi connectivity index (χ1) is 8.16. The molecule has 0 amide bonds. The van der Waals surface area contributed by atoms with Gasteiger partial charge in [-0.25, -0.2) is 0 Å². The maximum absolute atomic E-state index is 5.60. The lowest BCUT2D eigenvalue weighted by Gasteiger charge is -2.24. The van der Waals surface area contributed by atoms with Crippen molar-refractivity contribution in [2.45, 2.75) is 18.9 Å². The molecule has 1 aromatic rings. The number of nitrogens with two attached hydrogens (primary N) is 1. The van der Waals surface area contributed by atoms with Crippen LogP contribution in [0.15, 0.2) is 22.7 Å². The normalized spacial score (nSPS) is 16.8. The Balaban J connectivity index is 2.08. The van der Waals surface area contributed by atoms with Gasteiger partial charge in [-0.2, -0.15) is 11.8 Å². The molecule has 0 radical (unpaired) electrons. The Labute approximate surface area is 120 Å². The van der Waals surface area contributed by atoms with Crippen molar-refractivity contribution in [3.05, 3.63) is 28.2 Å². The average Bonchev–Trinajstić information content (AvgIpc) is 2.33. The van der Waals surface area contributed by atoms with Crippen LogP contribution in [0.2, 0.25) is 0 Å². The molecule has 0 saturated carbocycles. The average molecular weight is 331 g/mol. The van der Waals surface area contributed by atoms with Gasteiger partial charge in [-0.05, 0) is 58.5 Å². The third-order valence-electron chi connectivity index (χ3n) is 2.83. The van der Waals surface area contributed by atoms with E-state index in [4.69, 9.17) is 18.0 Å². The molecule has 92 valence electrons. The van der Waals surface area contributed by atoms with Crippen LogP contribution in [0.4, 0.5) is 5.69 Å². The summed E-state index contributed by atoms with van der Waals surface area (Å²) in [6, 6.07) is 6.57. The highest BCUT2D eigenvalue weighted by molar-refractivity contribution is 9.10. The fourth-order valence-electron chi connectivity index (χ4n) is 1.85. The molecule has 1 aromatic carbocycles. The maximum Gasteiger partial charge on any atom is 0.104 e. The van der Waals surface area contributed by atoms with E-state index in [0.29, 0.717) is 11.0 Å². The van der Waals surface area contributed by atoms with Gasteiger partial charge in [-0.3, -0.25) is 0 Å². The summed E-state index contributed by atoms with van der Waals surface area (Å²) in [7, 11) is 0. The van der Waals surface area contributed by atoms with E-state index in [1.54, 1.807) is 0 Å². The SMILES string of the molecule is NC(=S)c1ccc(NC2CCSCC2)c(Br)c1. The lowest BCUT2D eigenvalue weighted by Crippen LogP contribution is -2.24. The van der Waals surface area contributed by atoms with Gasteiger partial charge in [0.2, 0.25) is 0 Å². The van der Waals surface area contributed by atoms with Gasteiger partial charge in [-0.15, -0.1) is 0 Å². The minimum absolute atomic E-state index is 0.436. The van der Waals surface area contributed by atoms with Gasteiger partial charge in [0.1, 0.15) is 4.99 Å². The van der Waals surface area contributed by atoms with E-state index in [1.165, 1.54) is 24.3 Å². The second-order valence-electron chi connectivity index (χ2n) is 4.09. The number of hydrogen-bond acceptors (Lipinski definition) is 3. The molecule has 0 bridgehead atoms. The van der Waals surface area contributed by atoms with Crippen LogP contribution < -0.4 is 11.1 Å². The molecule has 2 rings (SSSR count). The fourth-order valence-corrected chi connectivity index (χ4v) is 3.57. The summed E-state index contributed by atoms with van der Waals surface area (Å²) in [5, 5.41) is 3.57. The van der Waals surface area contributed by atoms with Crippen LogP contribution in [0.3, 0.4) is 0 Å². The van der Waals surface area contributed by atoms with E-state index in [1.807, 2.05) is 30.0 Å². The number of anilines is 1. The summed E-state index contributed by atoms with van der Waals surface area (Å²) >= 11 is 10.6. The van der Waals surface area contributed by atoms with Crippen molar-refractivity contribution in [1.82, 2.24) is 0 Å². The summed E-state index contributed by atoms with van der Waals surface area (Å²) in [4.78, 5) is 0.436. The molecule has 17 heavy (non-hydrogen) atoms. The molecule has 2 nitrogen and oxygen atoms in total. The first kappa shape index (κ1) is 13.2. The molecule has 1 heterocycles. The van der Waals surface area contributed by atoms with E-state index in [9.17, 15) is 0 Å². The van der Waals surface area contributed by atoms with Crippen molar-refractivity contribution >= 4 is 50.6 Å². The largest absolute Gasteiger partial charge is 0.389 e. The standard InChI is InChI=1S/C12H15BrN2S2/c13-10-7-8(12(14)16)1-2-11(10)15-9-3-5-17-6-4-9/h1-2,7,9,15H,3-6H2,(H2,14,16). The summed E-state index contributed by atoms with van der Waals surface area (Å²) in [5.41, 5.74) is 7.63. The summed E-state index contributed by atoms with van der Waals surface area (Å²) in [6.45, 7) is 0. The Morgan fingerprint density at radius 1 is 1.41 bits per heavy atom. The van der Waals surface area contributed by atoms with Crippen molar-refractivity contribution < 1.29 is 0 Å². The Morgan fingerprint density at radius 2 is 2.12 bits per heavy atom. The monoisotopic (exact) mass is 330 g/mol. The molecular formula is C12H15BrN2S2. The Kier molecular flexibility index (Phi) is 4.70. The number of nitrogens with one attached hydrogen (secondary N) is 1. The summed E-state index contributed by atoms with van der Waals surface area (Å²) < 4.78 is 1.03. The van der Waals surface area contributed by atoms with Crippen molar-refractivity contribution in [3.63, 3.8) is 0 Å². The topological polar surface area (TPSA) is 38.0 Å². The van der Waals surface area contributed by atoms with Crippen molar-refractivity contribution in [1.29, 1.82) is 0 Å². The zero-order valence-electron chi connectivity index (χ0n) is 9.41. The zero-order chi connectivity index (χ0) is 12.3. The summed E-state index contributed by atoms with van der Waals surface area (Å²) in [6.07, 6.45) is 2.46. The third-order valence-corrected chi connectivity index (χ3v) is 4.78. The molecule has 5 heteroatoms. The van der Waals surface area contributed by atoms with Gasteiger partial charge >= 0.3 is 0 Å². The Morgan fingerprint density at radius 3 is 2.71 bits per heavy atom. The molecule has 1 aliphatic heterocycles. The van der Waals surface area contributed by atoms with Crippen LogP contribution in [0.25, 0.3) is 0 Å². The van der Waals surface area contributed by atoms with E-state index >= 15 is 0 Å². The predicted molar refractivity (Wildman–Crippen MR) is 84.0 cm³/mol.